The van der Waals surface area contributed by atoms with Crippen molar-refractivity contribution >= 4 is 35.1 Å². The molecular formula is C17H19N3O3S. The van der Waals surface area contributed by atoms with E-state index >= 15 is 0 Å². The fourth-order valence-electron chi connectivity index (χ4n) is 2.85. The molecule has 0 radical (unpaired) electrons. The predicted molar refractivity (Wildman–Crippen MR) is 94.3 cm³/mol. The van der Waals surface area contributed by atoms with Gasteiger partial charge in [-0.1, -0.05) is 23.4 Å². The lowest BCUT2D eigenvalue weighted by molar-refractivity contribution is -0.116. The van der Waals surface area contributed by atoms with Crippen molar-refractivity contribution in [1.82, 2.24) is 5.16 Å². The van der Waals surface area contributed by atoms with Gasteiger partial charge in [0.1, 0.15) is 5.76 Å². The van der Waals surface area contributed by atoms with Crippen molar-refractivity contribution < 1.29 is 14.1 Å². The maximum atomic E-state index is 12.5. The molecule has 0 saturated heterocycles. The monoisotopic (exact) mass is 345 g/mol. The van der Waals surface area contributed by atoms with Gasteiger partial charge in [0.15, 0.2) is 5.82 Å². The third-order valence-corrected chi connectivity index (χ3v) is 4.75. The maximum Gasteiger partial charge on any atom is 0.237 e. The van der Waals surface area contributed by atoms with E-state index in [4.69, 9.17) is 4.52 Å². The second-order valence-corrected chi connectivity index (χ2v) is 6.79. The molecule has 0 saturated carbocycles. The molecule has 126 valence electrons. The molecular weight excluding hydrogens is 326 g/mol. The maximum absolute atomic E-state index is 12.5. The molecule has 0 spiro atoms. The van der Waals surface area contributed by atoms with E-state index in [-0.39, 0.29) is 29.4 Å². The zero-order valence-corrected chi connectivity index (χ0v) is 14.4. The minimum absolute atomic E-state index is 0.0301. The highest BCUT2D eigenvalue weighted by atomic mass is 32.2. The first-order chi connectivity index (χ1) is 11.5. The summed E-state index contributed by atoms with van der Waals surface area (Å²) in [5, 5.41) is 6.35. The van der Waals surface area contributed by atoms with Gasteiger partial charge in [0, 0.05) is 17.8 Å². The van der Waals surface area contributed by atoms with Crippen molar-refractivity contribution in [2.24, 2.45) is 0 Å². The Morgan fingerprint density at radius 3 is 2.92 bits per heavy atom. The molecule has 2 heterocycles. The van der Waals surface area contributed by atoms with Crippen LogP contribution >= 0.6 is 11.8 Å². The highest BCUT2D eigenvalue weighted by Gasteiger charge is 2.30. The van der Waals surface area contributed by atoms with E-state index in [1.807, 2.05) is 30.0 Å². The number of carbonyl (C=O) groups excluding carboxylic acids is 2. The Kier molecular flexibility index (Phi) is 4.89. The lowest BCUT2D eigenvalue weighted by atomic mass is 10.1. The van der Waals surface area contributed by atoms with E-state index < -0.39 is 0 Å². The number of anilines is 2. The van der Waals surface area contributed by atoms with E-state index in [0.29, 0.717) is 11.6 Å². The number of nitrogens with zero attached hydrogens (tertiary/aromatic N) is 2. The van der Waals surface area contributed by atoms with Gasteiger partial charge in [-0.3, -0.25) is 9.59 Å². The normalized spacial score (nSPS) is 16.1. The highest BCUT2D eigenvalue weighted by Crippen LogP contribution is 2.32. The number of hydrogen-bond acceptors (Lipinski definition) is 5. The van der Waals surface area contributed by atoms with Gasteiger partial charge < -0.3 is 14.7 Å². The third kappa shape index (κ3) is 3.62. The quantitative estimate of drug-likeness (QED) is 0.901. The molecule has 3 rings (SSSR count). The number of hydrogen-bond donors (Lipinski definition) is 1. The molecule has 2 aromatic rings. The van der Waals surface area contributed by atoms with Crippen LogP contribution in [0.1, 0.15) is 18.2 Å². The van der Waals surface area contributed by atoms with Crippen molar-refractivity contribution in [3.05, 3.63) is 41.7 Å². The van der Waals surface area contributed by atoms with Crippen LogP contribution in [-0.2, 0) is 16.0 Å². The van der Waals surface area contributed by atoms with Gasteiger partial charge in [0.2, 0.25) is 11.8 Å². The third-order valence-electron chi connectivity index (χ3n) is 3.83. The van der Waals surface area contributed by atoms with E-state index in [1.54, 1.807) is 13.0 Å². The summed E-state index contributed by atoms with van der Waals surface area (Å²) in [4.78, 5) is 26.2. The van der Waals surface area contributed by atoms with Crippen LogP contribution < -0.4 is 10.2 Å². The first-order valence-corrected chi connectivity index (χ1v) is 8.91. The Balaban J connectivity index is 1.50. The first kappa shape index (κ1) is 16.6. The molecule has 0 fully saturated rings. The molecule has 0 bridgehead atoms. The van der Waals surface area contributed by atoms with Crippen molar-refractivity contribution in [1.29, 1.82) is 0 Å². The summed E-state index contributed by atoms with van der Waals surface area (Å²) in [6, 6.07) is 9.77. The average molecular weight is 345 g/mol. The fourth-order valence-corrected chi connectivity index (χ4v) is 3.52. The molecule has 1 aliphatic rings. The largest absolute Gasteiger partial charge is 0.360 e. The smallest absolute Gasteiger partial charge is 0.237 e. The minimum atomic E-state index is -0.198. The molecule has 2 amide bonds. The Morgan fingerprint density at radius 2 is 2.17 bits per heavy atom. The van der Waals surface area contributed by atoms with Crippen LogP contribution in [0.2, 0.25) is 0 Å². The second-order valence-electron chi connectivity index (χ2n) is 5.81. The minimum Gasteiger partial charge on any atom is -0.360 e. The molecule has 1 N–H and O–H groups in total. The average Bonchev–Trinajstić information content (AvgIpc) is 3.09. The Hall–Kier alpha value is -2.28. The van der Waals surface area contributed by atoms with Crippen molar-refractivity contribution in [3.63, 3.8) is 0 Å². The van der Waals surface area contributed by atoms with Gasteiger partial charge >= 0.3 is 0 Å². The zero-order valence-electron chi connectivity index (χ0n) is 13.6. The predicted octanol–water partition coefficient (Wildman–Crippen LogP) is 2.63. The van der Waals surface area contributed by atoms with E-state index in [0.717, 1.165) is 12.1 Å². The molecule has 6 nitrogen and oxygen atoms in total. The molecule has 1 aromatic heterocycles. The number of fused-ring (bicyclic) bond motifs is 1. The van der Waals surface area contributed by atoms with Crippen LogP contribution in [0, 0.1) is 6.92 Å². The number of thioether (sulfide) groups is 1. The number of amides is 2. The Bertz CT molecular complexity index is 759. The zero-order chi connectivity index (χ0) is 17.1. The number of benzene rings is 1. The summed E-state index contributed by atoms with van der Waals surface area (Å²) in [7, 11) is 0. The molecule has 1 aliphatic heterocycles. The lowest BCUT2D eigenvalue weighted by Gasteiger charge is -2.22. The summed E-state index contributed by atoms with van der Waals surface area (Å²) in [5.74, 6) is 1.32. The van der Waals surface area contributed by atoms with Crippen molar-refractivity contribution in [2.45, 2.75) is 26.3 Å². The van der Waals surface area contributed by atoms with E-state index in [1.165, 1.54) is 17.3 Å². The number of aromatic nitrogens is 1. The van der Waals surface area contributed by atoms with Crippen LogP contribution in [-0.4, -0.2) is 34.5 Å². The Morgan fingerprint density at radius 1 is 1.38 bits per heavy atom. The second kappa shape index (κ2) is 7.09. The summed E-state index contributed by atoms with van der Waals surface area (Å²) in [5.41, 5.74) is 2.18. The van der Waals surface area contributed by atoms with Crippen LogP contribution in [0.4, 0.5) is 11.5 Å². The summed E-state index contributed by atoms with van der Waals surface area (Å²) >= 11 is 1.30. The topological polar surface area (TPSA) is 75.4 Å². The number of para-hydroxylation sites is 1. The van der Waals surface area contributed by atoms with Gasteiger partial charge in [0.05, 0.1) is 11.5 Å². The van der Waals surface area contributed by atoms with Crippen LogP contribution in [0.25, 0.3) is 0 Å². The SMILES string of the molecule is Cc1cc(NC(=O)CSCC(=O)N2c3ccccc3C[C@@H]2C)no1. The molecule has 0 unspecified atom stereocenters. The number of rotatable bonds is 5. The molecule has 1 aromatic carbocycles. The van der Waals surface area contributed by atoms with Crippen LogP contribution in [0.15, 0.2) is 34.9 Å². The number of nitrogens with one attached hydrogen (secondary N) is 1. The van der Waals surface area contributed by atoms with Gasteiger partial charge in [-0.05, 0) is 31.9 Å². The first-order valence-electron chi connectivity index (χ1n) is 7.75. The molecule has 0 aliphatic carbocycles. The van der Waals surface area contributed by atoms with Crippen molar-refractivity contribution in [3.8, 4) is 0 Å². The number of aryl methyl sites for hydroxylation is 1. The molecule has 24 heavy (non-hydrogen) atoms. The summed E-state index contributed by atoms with van der Waals surface area (Å²) in [6.07, 6.45) is 0.874. The van der Waals surface area contributed by atoms with Gasteiger partial charge in [-0.25, -0.2) is 0 Å². The van der Waals surface area contributed by atoms with E-state index in [2.05, 4.69) is 16.5 Å². The van der Waals surface area contributed by atoms with Crippen LogP contribution in [0.5, 0.6) is 0 Å². The standard InChI is InChI=1S/C17H19N3O3S/c1-11-7-13-5-3-4-6-14(13)20(11)17(22)10-24-9-16(21)18-15-8-12(2)23-19-15/h3-6,8,11H,7,9-10H2,1-2H3,(H,18,19,21)/t11-/m0/s1. The highest BCUT2D eigenvalue weighted by molar-refractivity contribution is 8.00. The summed E-state index contributed by atoms with van der Waals surface area (Å²) < 4.78 is 4.89. The summed E-state index contributed by atoms with van der Waals surface area (Å²) in [6.45, 7) is 3.80. The fraction of sp³-hybridized carbons (Fsp3) is 0.353. The Labute approximate surface area is 144 Å². The van der Waals surface area contributed by atoms with Crippen molar-refractivity contribution in [2.75, 3.05) is 21.7 Å². The number of carbonyl (C=O) groups is 2. The molecule has 1 atom stereocenters. The van der Waals surface area contributed by atoms with Crippen LogP contribution in [0.3, 0.4) is 0 Å². The van der Waals surface area contributed by atoms with Gasteiger partial charge in [-0.2, -0.15) is 0 Å². The lowest BCUT2D eigenvalue weighted by Crippen LogP contribution is -2.37. The van der Waals surface area contributed by atoms with Gasteiger partial charge in [0.25, 0.3) is 0 Å². The van der Waals surface area contributed by atoms with E-state index in [9.17, 15) is 9.59 Å². The molecule has 7 heteroatoms. The van der Waals surface area contributed by atoms with Gasteiger partial charge in [-0.15, -0.1) is 11.8 Å².